The highest BCUT2D eigenvalue weighted by Crippen LogP contribution is 2.25. The van der Waals surface area contributed by atoms with Crippen LogP contribution in [0.15, 0.2) is 35.3 Å². The van der Waals surface area contributed by atoms with Crippen LogP contribution >= 0.6 is 0 Å². The zero-order chi connectivity index (χ0) is 10.0. The minimum atomic E-state index is -0.180. The van der Waals surface area contributed by atoms with E-state index in [1.165, 1.54) is 7.11 Å². The fourth-order valence-electron chi connectivity index (χ4n) is 1.22. The maximum Gasteiger partial charge on any atom is 0.227 e. The van der Waals surface area contributed by atoms with E-state index in [1.807, 2.05) is 0 Å². The van der Waals surface area contributed by atoms with Crippen molar-refractivity contribution in [2.24, 2.45) is 0 Å². The highest BCUT2D eigenvalue weighted by Gasteiger charge is 2.23. The van der Waals surface area contributed by atoms with E-state index in [4.69, 9.17) is 9.47 Å². The maximum atomic E-state index is 11.4. The number of methoxy groups -OCH3 is 2. The molecule has 0 spiro atoms. The molecule has 1 aliphatic rings. The quantitative estimate of drug-likeness (QED) is 0.605. The molecule has 0 fully saturated rings. The Balaban J connectivity index is 3.19. The summed E-state index contributed by atoms with van der Waals surface area (Å²) in [6.07, 6.45) is 1.61. The first-order valence-electron chi connectivity index (χ1n) is 3.86. The predicted molar refractivity (Wildman–Crippen MR) is 48.9 cm³/mol. The molecule has 0 unspecified atom stereocenters. The van der Waals surface area contributed by atoms with Gasteiger partial charge in [-0.3, -0.25) is 4.79 Å². The van der Waals surface area contributed by atoms with E-state index in [2.05, 4.69) is 6.58 Å². The SMILES string of the molecule is C=C1C=C(OC)C(C)=C(OC)C1=O. The van der Waals surface area contributed by atoms with Crippen LogP contribution in [0.5, 0.6) is 0 Å². The Morgan fingerprint density at radius 2 is 1.92 bits per heavy atom. The third-order valence-electron chi connectivity index (χ3n) is 1.94. The number of Topliss-reactive ketones (excluding diaryl/α,β-unsaturated/α-hetero) is 1. The fourth-order valence-corrected chi connectivity index (χ4v) is 1.22. The number of hydrogen-bond donors (Lipinski definition) is 0. The lowest BCUT2D eigenvalue weighted by molar-refractivity contribution is -0.115. The van der Waals surface area contributed by atoms with Gasteiger partial charge in [-0.15, -0.1) is 0 Å². The minimum absolute atomic E-state index is 0.180. The summed E-state index contributed by atoms with van der Waals surface area (Å²) in [5.74, 6) is 0.756. The van der Waals surface area contributed by atoms with Crippen molar-refractivity contribution in [3.8, 4) is 0 Å². The third kappa shape index (κ3) is 1.49. The average Bonchev–Trinajstić information content (AvgIpc) is 2.12. The summed E-state index contributed by atoms with van der Waals surface area (Å²) < 4.78 is 10.0. The van der Waals surface area contributed by atoms with Gasteiger partial charge in [0.05, 0.1) is 14.2 Å². The molecule has 0 aliphatic heterocycles. The zero-order valence-corrected chi connectivity index (χ0v) is 8.01. The van der Waals surface area contributed by atoms with E-state index in [0.717, 1.165) is 0 Å². The van der Waals surface area contributed by atoms with Gasteiger partial charge in [0.2, 0.25) is 5.78 Å². The first kappa shape index (κ1) is 9.58. The number of carbonyl (C=O) groups is 1. The molecule has 0 saturated carbocycles. The zero-order valence-electron chi connectivity index (χ0n) is 8.01. The van der Waals surface area contributed by atoms with Gasteiger partial charge in [0, 0.05) is 11.1 Å². The van der Waals surface area contributed by atoms with Crippen LogP contribution in [-0.2, 0) is 14.3 Å². The fraction of sp³-hybridized carbons (Fsp3) is 0.300. The number of hydrogen-bond acceptors (Lipinski definition) is 3. The number of allylic oxidation sites excluding steroid dienone is 3. The average molecular weight is 180 g/mol. The molecule has 0 radical (unpaired) electrons. The lowest BCUT2D eigenvalue weighted by Gasteiger charge is -2.17. The van der Waals surface area contributed by atoms with E-state index in [1.54, 1.807) is 20.1 Å². The highest BCUT2D eigenvalue weighted by molar-refractivity contribution is 6.10. The van der Waals surface area contributed by atoms with Gasteiger partial charge in [0.25, 0.3) is 0 Å². The van der Waals surface area contributed by atoms with Crippen molar-refractivity contribution in [2.45, 2.75) is 6.92 Å². The summed E-state index contributed by atoms with van der Waals surface area (Å²) in [5, 5.41) is 0. The Bertz CT molecular complexity index is 321. The van der Waals surface area contributed by atoms with Crippen LogP contribution < -0.4 is 0 Å². The monoisotopic (exact) mass is 180 g/mol. The van der Waals surface area contributed by atoms with Crippen molar-refractivity contribution in [3.63, 3.8) is 0 Å². The molecule has 0 aromatic heterocycles. The summed E-state index contributed by atoms with van der Waals surface area (Å²) in [6, 6.07) is 0. The molecular weight excluding hydrogens is 168 g/mol. The first-order valence-corrected chi connectivity index (χ1v) is 3.86. The number of ether oxygens (including phenoxy) is 2. The number of carbonyl (C=O) groups excluding carboxylic acids is 1. The van der Waals surface area contributed by atoms with E-state index in [9.17, 15) is 4.79 Å². The molecule has 13 heavy (non-hydrogen) atoms. The van der Waals surface area contributed by atoms with Gasteiger partial charge in [0.1, 0.15) is 5.76 Å². The van der Waals surface area contributed by atoms with Gasteiger partial charge in [-0.25, -0.2) is 0 Å². The van der Waals surface area contributed by atoms with Crippen molar-refractivity contribution >= 4 is 5.78 Å². The number of rotatable bonds is 2. The smallest absolute Gasteiger partial charge is 0.227 e. The van der Waals surface area contributed by atoms with E-state index in [-0.39, 0.29) is 5.78 Å². The summed E-state index contributed by atoms with van der Waals surface area (Å²) >= 11 is 0. The van der Waals surface area contributed by atoms with Gasteiger partial charge >= 0.3 is 0 Å². The molecule has 1 rings (SSSR count). The Morgan fingerprint density at radius 3 is 2.38 bits per heavy atom. The molecule has 0 bridgehead atoms. The lowest BCUT2D eigenvalue weighted by Crippen LogP contribution is -2.14. The molecule has 0 N–H and O–H groups in total. The van der Waals surface area contributed by atoms with Gasteiger partial charge in [-0.2, -0.15) is 0 Å². The van der Waals surface area contributed by atoms with Crippen molar-refractivity contribution in [3.05, 3.63) is 35.3 Å². The third-order valence-corrected chi connectivity index (χ3v) is 1.94. The summed E-state index contributed by atoms with van der Waals surface area (Å²) in [6.45, 7) is 5.38. The Hall–Kier alpha value is -1.51. The molecule has 0 heterocycles. The van der Waals surface area contributed by atoms with Gasteiger partial charge in [-0.1, -0.05) is 6.58 Å². The molecule has 3 nitrogen and oxygen atoms in total. The predicted octanol–water partition coefficient (Wildman–Crippen LogP) is 1.58. The summed E-state index contributed by atoms with van der Waals surface area (Å²) in [5.41, 5.74) is 1.10. The molecule has 0 amide bonds. The molecule has 70 valence electrons. The van der Waals surface area contributed by atoms with Crippen molar-refractivity contribution in [2.75, 3.05) is 14.2 Å². The lowest BCUT2D eigenvalue weighted by atomic mass is 9.99. The van der Waals surface area contributed by atoms with E-state index < -0.39 is 0 Å². The van der Waals surface area contributed by atoms with Crippen molar-refractivity contribution in [1.82, 2.24) is 0 Å². The Labute approximate surface area is 77.3 Å². The largest absolute Gasteiger partial charge is 0.496 e. The summed E-state index contributed by atoms with van der Waals surface area (Å²) in [4.78, 5) is 11.4. The van der Waals surface area contributed by atoms with Gasteiger partial charge in [0.15, 0.2) is 5.76 Å². The standard InChI is InChI=1S/C10H12O3/c1-6-5-8(12-3)7(2)10(13-4)9(6)11/h5H,1H2,2-4H3. The molecule has 0 aromatic rings. The minimum Gasteiger partial charge on any atom is -0.496 e. The highest BCUT2D eigenvalue weighted by atomic mass is 16.5. The van der Waals surface area contributed by atoms with Gasteiger partial charge in [-0.05, 0) is 13.0 Å². The number of ketones is 1. The topological polar surface area (TPSA) is 35.5 Å². The van der Waals surface area contributed by atoms with Crippen molar-refractivity contribution in [1.29, 1.82) is 0 Å². The second-order valence-electron chi connectivity index (χ2n) is 2.73. The van der Waals surface area contributed by atoms with Crippen LogP contribution in [0.4, 0.5) is 0 Å². The second-order valence-corrected chi connectivity index (χ2v) is 2.73. The molecule has 0 atom stereocenters. The van der Waals surface area contributed by atoms with Crippen LogP contribution in [0.25, 0.3) is 0 Å². The molecule has 3 heteroatoms. The van der Waals surface area contributed by atoms with Crippen LogP contribution in [0, 0.1) is 0 Å². The first-order chi connectivity index (χ1) is 6.11. The Kier molecular flexibility index (Phi) is 2.56. The molecular formula is C10H12O3. The van der Waals surface area contributed by atoms with Crippen LogP contribution in [0.3, 0.4) is 0 Å². The molecule has 0 saturated heterocycles. The molecule has 0 aromatic carbocycles. The van der Waals surface area contributed by atoms with Crippen molar-refractivity contribution < 1.29 is 14.3 Å². The van der Waals surface area contributed by atoms with Crippen LogP contribution in [0.2, 0.25) is 0 Å². The maximum absolute atomic E-state index is 11.4. The van der Waals surface area contributed by atoms with Crippen LogP contribution in [0.1, 0.15) is 6.92 Å². The van der Waals surface area contributed by atoms with Crippen LogP contribution in [-0.4, -0.2) is 20.0 Å². The summed E-state index contributed by atoms with van der Waals surface area (Å²) in [7, 11) is 3.01. The molecule has 1 aliphatic carbocycles. The van der Waals surface area contributed by atoms with E-state index in [0.29, 0.717) is 22.7 Å². The van der Waals surface area contributed by atoms with E-state index >= 15 is 0 Å². The van der Waals surface area contributed by atoms with Gasteiger partial charge < -0.3 is 9.47 Å². The normalized spacial score (nSPS) is 17.3. The Morgan fingerprint density at radius 1 is 1.31 bits per heavy atom. The second kappa shape index (κ2) is 3.47.